The fourth-order valence-corrected chi connectivity index (χ4v) is 3.28. The maximum atomic E-state index is 12.1. The Bertz CT molecular complexity index is 631. The van der Waals surface area contributed by atoms with Crippen molar-refractivity contribution in [3.8, 4) is 11.5 Å². The molecule has 1 aromatic carbocycles. The van der Waals surface area contributed by atoms with Crippen molar-refractivity contribution in [2.24, 2.45) is 0 Å². The van der Waals surface area contributed by atoms with E-state index >= 15 is 0 Å². The second-order valence-corrected chi connectivity index (χ2v) is 6.08. The zero-order chi connectivity index (χ0) is 16.4. The molecular weight excluding hydrogens is 318 g/mol. The number of hydrogen-bond acceptors (Lipinski definition) is 4. The number of ether oxygens (including phenoxy) is 2. The van der Waals surface area contributed by atoms with Crippen molar-refractivity contribution in [2.75, 3.05) is 19.5 Å². The van der Waals surface area contributed by atoms with Crippen LogP contribution in [0, 0.1) is 0 Å². The summed E-state index contributed by atoms with van der Waals surface area (Å²) in [4.78, 5) is 13.7. The van der Waals surface area contributed by atoms with Gasteiger partial charge in [-0.25, -0.2) is 0 Å². The first-order chi connectivity index (χ1) is 11.1. The van der Waals surface area contributed by atoms with Crippen LogP contribution in [0.2, 0.25) is 0 Å². The van der Waals surface area contributed by atoms with Gasteiger partial charge in [-0.3, -0.25) is 4.79 Å². The molecule has 1 aromatic rings. The summed E-state index contributed by atoms with van der Waals surface area (Å²) < 4.78 is 11.4. The summed E-state index contributed by atoms with van der Waals surface area (Å²) in [6, 6.07) is 3.83. The highest BCUT2D eigenvalue weighted by atomic mass is 35.5. The lowest BCUT2D eigenvalue weighted by molar-refractivity contribution is -0.128. The third-order valence-electron chi connectivity index (χ3n) is 4.27. The van der Waals surface area contributed by atoms with Gasteiger partial charge in [-0.1, -0.05) is 18.2 Å². The van der Waals surface area contributed by atoms with Crippen LogP contribution in [0.15, 0.2) is 24.3 Å². The third kappa shape index (κ3) is 3.31. The van der Waals surface area contributed by atoms with E-state index in [4.69, 9.17) is 21.1 Å². The first kappa shape index (κ1) is 16.1. The van der Waals surface area contributed by atoms with Crippen LogP contribution in [0.3, 0.4) is 0 Å². The minimum absolute atomic E-state index is 0.0616. The molecule has 0 saturated carbocycles. The van der Waals surface area contributed by atoms with E-state index in [0.29, 0.717) is 31.7 Å². The van der Waals surface area contributed by atoms with E-state index in [0.717, 1.165) is 16.9 Å². The number of carbonyl (C=O) groups excluding carboxylic acids is 1. The second kappa shape index (κ2) is 6.81. The molecule has 23 heavy (non-hydrogen) atoms. The van der Waals surface area contributed by atoms with Gasteiger partial charge in [-0.15, -0.1) is 11.6 Å². The number of alkyl halides is 1. The van der Waals surface area contributed by atoms with Gasteiger partial charge in [0.15, 0.2) is 11.5 Å². The number of nitrogens with zero attached hydrogens (tertiary/aromatic N) is 1. The van der Waals surface area contributed by atoms with Crippen LogP contribution in [0.25, 0.3) is 0 Å². The Morgan fingerprint density at radius 1 is 1.52 bits per heavy atom. The van der Waals surface area contributed by atoms with Crippen LogP contribution in [0.1, 0.15) is 17.5 Å². The highest BCUT2D eigenvalue weighted by Crippen LogP contribution is 2.41. The zero-order valence-corrected chi connectivity index (χ0v) is 13.8. The van der Waals surface area contributed by atoms with E-state index in [9.17, 15) is 9.90 Å². The van der Waals surface area contributed by atoms with E-state index in [1.54, 1.807) is 18.1 Å². The molecule has 0 aromatic heterocycles. The molecule has 124 valence electrons. The van der Waals surface area contributed by atoms with Crippen LogP contribution in [0.4, 0.5) is 0 Å². The smallest absolute Gasteiger partial charge is 0.238 e. The van der Waals surface area contributed by atoms with Crippen molar-refractivity contribution < 1.29 is 19.4 Å². The molecule has 2 heterocycles. The summed E-state index contributed by atoms with van der Waals surface area (Å²) in [5.74, 6) is 1.21. The van der Waals surface area contributed by atoms with Crippen molar-refractivity contribution in [3.63, 3.8) is 0 Å². The fraction of sp³-hybridized carbons (Fsp3) is 0.471. The lowest BCUT2D eigenvalue weighted by Crippen LogP contribution is -2.32. The van der Waals surface area contributed by atoms with Gasteiger partial charge in [0.05, 0.1) is 13.2 Å². The molecule has 0 radical (unpaired) electrons. The summed E-state index contributed by atoms with van der Waals surface area (Å²) in [6.07, 6.45) is 4.05. The van der Waals surface area contributed by atoms with Gasteiger partial charge in [0.2, 0.25) is 5.91 Å². The molecule has 2 aliphatic rings. The molecule has 2 bridgehead atoms. The Morgan fingerprint density at radius 3 is 3.09 bits per heavy atom. The van der Waals surface area contributed by atoms with Crippen LogP contribution < -0.4 is 9.47 Å². The largest absolute Gasteiger partial charge is 0.493 e. The van der Waals surface area contributed by atoms with Gasteiger partial charge >= 0.3 is 0 Å². The summed E-state index contributed by atoms with van der Waals surface area (Å²) in [5.41, 5.74) is 2.09. The van der Waals surface area contributed by atoms with Crippen molar-refractivity contribution in [1.29, 1.82) is 0 Å². The third-order valence-corrected chi connectivity index (χ3v) is 4.50. The van der Waals surface area contributed by atoms with Crippen LogP contribution in [0.5, 0.6) is 11.5 Å². The van der Waals surface area contributed by atoms with Crippen LogP contribution >= 0.6 is 11.6 Å². The van der Waals surface area contributed by atoms with Gasteiger partial charge in [-0.05, 0) is 11.6 Å². The van der Waals surface area contributed by atoms with Crippen molar-refractivity contribution in [2.45, 2.75) is 31.6 Å². The Balaban J connectivity index is 2.00. The number of amides is 1. The summed E-state index contributed by atoms with van der Waals surface area (Å²) >= 11 is 5.72. The molecule has 1 unspecified atom stereocenters. The Morgan fingerprint density at radius 2 is 2.35 bits per heavy atom. The maximum absolute atomic E-state index is 12.1. The van der Waals surface area contributed by atoms with Crippen molar-refractivity contribution in [1.82, 2.24) is 4.90 Å². The van der Waals surface area contributed by atoms with Crippen LogP contribution in [-0.4, -0.2) is 47.7 Å². The topological polar surface area (TPSA) is 59.0 Å². The molecule has 0 spiro atoms. The molecule has 3 rings (SSSR count). The molecular formula is C17H20ClNO4. The van der Waals surface area contributed by atoms with E-state index in [-0.39, 0.29) is 17.9 Å². The number of carbonyl (C=O) groups is 1. The average Bonchev–Trinajstić information content (AvgIpc) is 2.95. The lowest BCUT2D eigenvalue weighted by atomic mass is 10.00. The minimum atomic E-state index is -0.602. The van der Waals surface area contributed by atoms with Gasteiger partial charge in [0.1, 0.15) is 12.0 Å². The summed E-state index contributed by atoms with van der Waals surface area (Å²) in [6.45, 7) is 0.892. The molecule has 2 atom stereocenters. The van der Waals surface area contributed by atoms with Gasteiger partial charge in [0, 0.05) is 31.5 Å². The number of aliphatic hydroxyl groups excluding tert-OH is 1. The highest BCUT2D eigenvalue weighted by molar-refractivity contribution is 6.27. The normalized spacial score (nSPS) is 24.6. The molecule has 6 heteroatoms. The number of benzene rings is 1. The Hall–Kier alpha value is -1.72. The van der Waals surface area contributed by atoms with Crippen molar-refractivity contribution in [3.05, 3.63) is 35.4 Å². The van der Waals surface area contributed by atoms with E-state index in [1.807, 2.05) is 18.2 Å². The molecule has 0 fully saturated rings. The van der Waals surface area contributed by atoms with E-state index in [1.165, 1.54) is 0 Å². The fourth-order valence-electron chi connectivity index (χ4n) is 3.11. The molecule has 1 amide bonds. The standard InChI is InChI=1S/C17H20ClNO4/c1-22-15-5-4-11-10-19(16(21)9-18)6-2-3-12(20)7-13-8-14(11)17(15)23-13/h2-5,12-13,20H,6-10H2,1H3/b3-2+/t12-,13?/m0/s1. The molecule has 0 aliphatic carbocycles. The quantitative estimate of drug-likeness (QED) is 0.661. The molecule has 1 N–H and O–H groups in total. The minimum Gasteiger partial charge on any atom is -0.493 e. The van der Waals surface area contributed by atoms with E-state index in [2.05, 4.69) is 0 Å². The number of rotatable bonds is 2. The van der Waals surface area contributed by atoms with Crippen molar-refractivity contribution >= 4 is 17.5 Å². The van der Waals surface area contributed by atoms with Gasteiger partial charge in [0.25, 0.3) is 0 Å². The molecule has 5 nitrogen and oxygen atoms in total. The molecule has 2 aliphatic heterocycles. The Kier molecular flexibility index (Phi) is 4.78. The van der Waals surface area contributed by atoms with Crippen LogP contribution in [-0.2, 0) is 17.8 Å². The maximum Gasteiger partial charge on any atom is 0.238 e. The number of hydrogen-bond donors (Lipinski definition) is 1. The van der Waals surface area contributed by atoms with E-state index < -0.39 is 6.10 Å². The lowest BCUT2D eigenvalue weighted by Gasteiger charge is -2.22. The number of aliphatic hydroxyl groups is 1. The van der Waals surface area contributed by atoms with Gasteiger partial charge < -0.3 is 19.5 Å². The Labute approximate surface area is 140 Å². The predicted octanol–water partition coefficient (Wildman–Crippen LogP) is 1.89. The average molecular weight is 338 g/mol. The monoisotopic (exact) mass is 337 g/mol. The number of halogens is 1. The predicted molar refractivity (Wildman–Crippen MR) is 87.0 cm³/mol. The number of methoxy groups -OCH3 is 1. The SMILES string of the molecule is COc1ccc2c3c1OC(C3)C[C@@H](O)/C=C/CN(C(=O)CCl)C2. The molecule has 0 saturated heterocycles. The van der Waals surface area contributed by atoms with Gasteiger partial charge in [-0.2, -0.15) is 0 Å². The zero-order valence-electron chi connectivity index (χ0n) is 13.0. The summed E-state index contributed by atoms with van der Waals surface area (Å²) in [5, 5.41) is 10.1. The number of fused-ring (bicyclic) bond motifs is 1. The highest BCUT2D eigenvalue weighted by Gasteiger charge is 2.31. The first-order valence-corrected chi connectivity index (χ1v) is 8.19. The second-order valence-electron chi connectivity index (χ2n) is 5.82. The summed E-state index contributed by atoms with van der Waals surface area (Å²) in [7, 11) is 1.61. The first-order valence-electron chi connectivity index (χ1n) is 7.66.